The number of carbonyl (C=O) groups is 1. The molecule has 0 aromatic carbocycles. The molecule has 1 aromatic rings. The Morgan fingerprint density at radius 3 is 2.35 bits per heavy atom. The summed E-state index contributed by atoms with van der Waals surface area (Å²) < 4.78 is 26.9. The molecule has 0 radical (unpaired) electrons. The van der Waals surface area contributed by atoms with Gasteiger partial charge in [-0.15, -0.1) is 11.3 Å². The van der Waals surface area contributed by atoms with Crippen LogP contribution in [0.2, 0.25) is 0 Å². The average Bonchev–Trinajstić information content (AvgIpc) is 3.26. The molecular formula is C15H23N3O3S2. The zero-order chi connectivity index (χ0) is 16.4. The molecular weight excluding hydrogens is 334 g/mol. The maximum atomic E-state index is 12.5. The van der Waals surface area contributed by atoms with Gasteiger partial charge in [-0.25, -0.2) is 8.42 Å². The van der Waals surface area contributed by atoms with Crippen molar-refractivity contribution in [1.82, 2.24) is 14.1 Å². The Hall–Kier alpha value is -0.960. The lowest BCUT2D eigenvalue weighted by molar-refractivity contribution is -0.135. The second-order valence-electron chi connectivity index (χ2n) is 6.08. The first-order chi connectivity index (χ1) is 11.0. The minimum atomic E-state index is -3.37. The minimum absolute atomic E-state index is 0.167. The summed E-state index contributed by atoms with van der Waals surface area (Å²) in [4.78, 5) is 16.5. The van der Waals surface area contributed by atoms with E-state index in [4.69, 9.17) is 0 Å². The van der Waals surface area contributed by atoms with Crippen molar-refractivity contribution in [3.05, 3.63) is 17.5 Å². The highest BCUT2D eigenvalue weighted by atomic mass is 32.2. The van der Waals surface area contributed by atoms with Crippen LogP contribution in [-0.4, -0.2) is 73.7 Å². The second kappa shape index (κ2) is 6.88. The molecule has 3 rings (SSSR count). The van der Waals surface area contributed by atoms with E-state index in [-0.39, 0.29) is 11.9 Å². The van der Waals surface area contributed by atoms with Crippen molar-refractivity contribution in [1.29, 1.82) is 0 Å². The lowest BCUT2D eigenvalue weighted by atomic mass is 10.2. The van der Waals surface area contributed by atoms with Crippen molar-refractivity contribution >= 4 is 27.3 Å². The molecule has 6 nitrogen and oxygen atoms in total. The standard InChI is InChI=1S/C15H23N3O3S2/c1-13(15(19)17-6-2-3-7-17)16-8-10-18(11-9-16)23(20,21)14-5-4-12-22-14/h4-5,12-13H,2-3,6-11H2,1H3/t13-/m1/s1. The lowest BCUT2D eigenvalue weighted by Gasteiger charge is -2.37. The Balaban J connectivity index is 1.59. The van der Waals surface area contributed by atoms with Gasteiger partial charge in [-0.2, -0.15) is 4.31 Å². The van der Waals surface area contributed by atoms with E-state index in [9.17, 15) is 13.2 Å². The van der Waals surface area contributed by atoms with Crippen LogP contribution in [0.3, 0.4) is 0 Å². The SMILES string of the molecule is C[C@H](C(=O)N1CCCC1)N1CCN(S(=O)(=O)c2cccs2)CC1. The fraction of sp³-hybridized carbons (Fsp3) is 0.667. The van der Waals surface area contributed by atoms with Gasteiger partial charge in [-0.05, 0) is 31.2 Å². The molecule has 1 atom stereocenters. The van der Waals surface area contributed by atoms with Crippen LogP contribution >= 0.6 is 11.3 Å². The number of rotatable bonds is 4. The average molecular weight is 358 g/mol. The number of sulfonamides is 1. The van der Waals surface area contributed by atoms with Gasteiger partial charge in [0.1, 0.15) is 4.21 Å². The third-order valence-corrected chi connectivity index (χ3v) is 7.96. The molecule has 1 aromatic heterocycles. The van der Waals surface area contributed by atoms with Gasteiger partial charge in [0.25, 0.3) is 10.0 Å². The third-order valence-electron chi connectivity index (χ3n) is 4.69. The summed E-state index contributed by atoms with van der Waals surface area (Å²) in [5.41, 5.74) is 0. The zero-order valence-electron chi connectivity index (χ0n) is 13.3. The Morgan fingerprint density at radius 2 is 1.78 bits per heavy atom. The van der Waals surface area contributed by atoms with Crippen LogP contribution in [0.5, 0.6) is 0 Å². The van der Waals surface area contributed by atoms with E-state index in [1.54, 1.807) is 17.5 Å². The highest BCUT2D eigenvalue weighted by Gasteiger charge is 2.33. The van der Waals surface area contributed by atoms with Crippen LogP contribution in [0.4, 0.5) is 0 Å². The smallest absolute Gasteiger partial charge is 0.252 e. The van der Waals surface area contributed by atoms with Crippen molar-refractivity contribution in [3.63, 3.8) is 0 Å². The number of hydrogen-bond acceptors (Lipinski definition) is 5. The molecule has 2 saturated heterocycles. The van der Waals surface area contributed by atoms with Gasteiger partial charge in [-0.3, -0.25) is 9.69 Å². The second-order valence-corrected chi connectivity index (χ2v) is 9.19. The molecule has 1 amide bonds. The summed E-state index contributed by atoms with van der Waals surface area (Å²) in [6.07, 6.45) is 2.18. The number of carbonyl (C=O) groups excluding carboxylic acids is 1. The van der Waals surface area contributed by atoms with Crippen LogP contribution in [-0.2, 0) is 14.8 Å². The molecule has 2 aliphatic heterocycles. The largest absolute Gasteiger partial charge is 0.341 e. The molecule has 8 heteroatoms. The Morgan fingerprint density at radius 1 is 1.13 bits per heavy atom. The Bertz CT molecular complexity index is 631. The first-order valence-corrected chi connectivity index (χ1v) is 10.4. The topological polar surface area (TPSA) is 60.9 Å². The molecule has 0 N–H and O–H groups in total. The van der Waals surface area contributed by atoms with Crippen LogP contribution in [0.1, 0.15) is 19.8 Å². The van der Waals surface area contributed by atoms with Gasteiger partial charge in [0, 0.05) is 39.3 Å². The van der Waals surface area contributed by atoms with E-state index in [1.807, 2.05) is 11.8 Å². The van der Waals surface area contributed by atoms with Crippen LogP contribution in [0.15, 0.2) is 21.7 Å². The molecule has 0 saturated carbocycles. The van der Waals surface area contributed by atoms with Crippen molar-refractivity contribution in [2.45, 2.75) is 30.0 Å². The fourth-order valence-electron chi connectivity index (χ4n) is 3.23. The maximum Gasteiger partial charge on any atom is 0.252 e. The number of thiophene rings is 1. The number of likely N-dealkylation sites (tertiary alicyclic amines) is 1. The van der Waals surface area contributed by atoms with E-state index < -0.39 is 10.0 Å². The van der Waals surface area contributed by atoms with Crippen LogP contribution < -0.4 is 0 Å². The van der Waals surface area contributed by atoms with E-state index >= 15 is 0 Å². The van der Waals surface area contributed by atoms with Gasteiger partial charge < -0.3 is 4.90 Å². The van der Waals surface area contributed by atoms with Crippen molar-refractivity contribution in [2.75, 3.05) is 39.3 Å². The zero-order valence-corrected chi connectivity index (χ0v) is 15.0. The van der Waals surface area contributed by atoms with Gasteiger partial charge in [0.05, 0.1) is 6.04 Å². The fourth-order valence-corrected chi connectivity index (χ4v) is 5.79. The first kappa shape index (κ1) is 16.9. The quantitative estimate of drug-likeness (QED) is 0.809. The predicted octanol–water partition coefficient (Wildman–Crippen LogP) is 1.07. The molecule has 0 bridgehead atoms. The number of amides is 1. The summed E-state index contributed by atoms with van der Waals surface area (Å²) in [7, 11) is -3.37. The molecule has 0 spiro atoms. The summed E-state index contributed by atoms with van der Waals surface area (Å²) in [5.74, 6) is 0.178. The normalized spacial score (nSPS) is 22.4. The molecule has 0 aliphatic carbocycles. The van der Waals surface area contributed by atoms with Gasteiger partial charge in [0.15, 0.2) is 0 Å². The van der Waals surface area contributed by atoms with Gasteiger partial charge >= 0.3 is 0 Å². The molecule has 128 valence electrons. The minimum Gasteiger partial charge on any atom is -0.341 e. The molecule has 2 aliphatic rings. The highest BCUT2D eigenvalue weighted by Crippen LogP contribution is 2.23. The van der Waals surface area contributed by atoms with E-state index in [2.05, 4.69) is 4.90 Å². The van der Waals surface area contributed by atoms with Crippen LogP contribution in [0, 0.1) is 0 Å². The lowest BCUT2D eigenvalue weighted by Crippen LogP contribution is -2.55. The molecule has 23 heavy (non-hydrogen) atoms. The predicted molar refractivity (Wildman–Crippen MR) is 89.9 cm³/mol. The van der Waals surface area contributed by atoms with E-state index in [0.717, 1.165) is 25.9 Å². The summed E-state index contributed by atoms with van der Waals surface area (Å²) >= 11 is 1.25. The highest BCUT2D eigenvalue weighted by molar-refractivity contribution is 7.91. The summed E-state index contributed by atoms with van der Waals surface area (Å²) in [5, 5.41) is 1.78. The van der Waals surface area contributed by atoms with Crippen molar-refractivity contribution in [2.24, 2.45) is 0 Å². The number of piperazine rings is 1. The van der Waals surface area contributed by atoms with Crippen molar-refractivity contribution < 1.29 is 13.2 Å². The molecule has 3 heterocycles. The van der Waals surface area contributed by atoms with Crippen LogP contribution in [0.25, 0.3) is 0 Å². The van der Waals surface area contributed by atoms with Gasteiger partial charge in [0.2, 0.25) is 5.91 Å². The molecule has 0 unspecified atom stereocenters. The number of hydrogen-bond donors (Lipinski definition) is 0. The third kappa shape index (κ3) is 3.45. The van der Waals surface area contributed by atoms with E-state index in [1.165, 1.54) is 15.6 Å². The maximum absolute atomic E-state index is 12.5. The molecule has 2 fully saturated rings. The monoisotopic (exact) mass is 357 g/mol. The Kier molecular flexibility index (Phi) is 5.05. The van der Waals surface area contributed by atoms with Crippen molar-refractivity contribution in [3.8, 4) is 0 Å². The summed E-state index contributed by atoms with van der Waals surface area (Å²) in [6.45, 7) is 5.74. The first-order valence-electron chi connectivity index (χ1n) is 8.06. The van der Waals surface area contributed by atoms with Gasteiger partial charge in [-0.1, -0.05) is 6.07 Å². The van der Waals surface area contributed by atoms with E-state index in [0.29, 0.717) is 30.4 Å². The summed E-state index contributed by atoms with van der Waals surface area (Å²) in [6, 6.07) is 3.23. The number of nitrogens with zero attached hydrogens (tertiary/aromatic N) is 3. The Labute approximate surface area is 141 Å².